The van der Waals surface area contributed by atoms with Crippen LogP contribution in [-0.4, -0.2) is 96.3 Å². The van der Waals surface area contributed by atoms with Gasteiger partial charge in [-0.2, -0.15) is 0 Å². The van der Waals surface area contributed by atoms with E-state index in [1.54, 1.807) is 46.5 Å². The Labute approximate surface area is 334 Å². The van der Waals surface area contributed by atoms with Gasteiger partial charge in [0.15, 0.2) is 23.0 Å². The van der Waals surface area contributed by atoms with E-state index < -0.39 is 17.8 Å². The van der Waals surface area contributed by atoms with Gasteiger partial charge in [-0.15, -0.1) is 5.06 Å². The van der Waals surface area contributed by atoms with Gasteiger partial charge >= 0.3 is 5.97 Å². The molecule has 3 aromatic rings. The first-order valence-corrected chi connectivity index (χ1v) is 18.9. The molecule has 8 rings (SSSR count). The molecule has 0 unspecified atom stereocenters. The molecule has 4 amide bonds. The number of carbonyl (C=O) groups excluding carboxylic acids is 5. The molecule has 298 valence electrons. The summed E-state index contributed by atoms with van der Waals surface area (Å²) in [5, 5.41) is 0.532. The maximum Gasteiger partial charge on any atom is 0.333 e. The maximum atomic E-state index is 13.5. The van der Waals surface area contributed by atoms with Crippen molar-refractivity contribution in [2.75, 3.05) is 27.3 Å². The van der Waals surface area contributed by atoms with Crippen LogP contribution in [0.2, 0.25) is 0 Å². The van der Waals surface area contributed by atoms with Crippen LogP contribution in [0.15, 0.2) is 76.8 Å². The van der Waals surface area contributed by atoms with E-state index in [1.807, 2.05) is 18.2 Å². The fourth-order valence-electron chi connectivity index (χ4n) is 7.73. The largest absolute Gasteiger partial charge is 0.493 e. The minimum atomic E-state index is -0.729. The van der Waals surface area contributed by atoms with Crippen LogP contribution < -0.4 is 18.9 Å². The van der Waals surface area contributed by atoms with Crippen molar-refractivity contribution in [3.63, 3.8) is 0 Å². The van der Waals surface area contributed by atoms with Gasteiger partial charge in [0.1, 0.15) is 13.2 Å². The lowest BCUT2D eigenvalue weighted by atomic mass is 10.0. The molecule has 0 aliphatic carbocycles. The predicted molar refractivity (Wildman–Crippen MR) is 210 cm³/mol. The summed E-state index contributed by atoms with van der Waals surface area (Å²) in [7, 11) is 2.99. The van der Waals surface area contributed by atoms with E-state index in [9.17, 15) is 24.0 Å². The van der Waals surface area contributed by atoms with Crippen molar-refractivity contribution in [2.45, 2.75) is 63.8 Å². The molecule has 5 heterocycles. The zero-order chi connectivity index (χ0) is 40.7. The van der Waals surface area contributed by atoms with Crippen molar-refractivity contribution < 1.29 is 47.8 Å². The molecule has 15 heteroatoms. The molecule has 15 nitrogen and oxygen atoms in total. The maximum absolute atomic E-state index is 13.5. The number of aryl methyl sites for hydroxylation is 1. The van der Waals surface area contributed by atoms with Crippen molar-refractivity contribution in [1.29, 1.82) is 0 Å². The third-order valence-electron chi connectivity index (χ3n) is 10.6. The number of carbonyl (C=O) groups is 5. The normalized spacial score (nSPS) is 19.4. The quantitative estimate of drug-likeness (QED) is 0.172. The Hall–Kier alpha value is -6.77. The molecule has 0 saturated carbocycles. The number of amides is 4. The zero-order valence-electron chi connectivity index (χ0n) is 32.2. The summed E-state index contributed by atoms with van der Waals surface area (Å²) in [5.74, 6) is -0.701. The van der Waals surface area contributed by atoms with Crippen LogP contribution in [0, 0.1) is 0 Å². The molecule has 2 atom stereocenters. The number of hydroxylamine groups is 2. The number of hydrogen-bond donors (Lipinski definition) is 0. The highest BCUT2D eigenvalue weighted by Crippen LogP contribution is 2.40. The predicted octanol–water partition coefficient (Wildman–Crippen LogP) is 5.37. The van der Waals surface area contributed by atoms with Crippen molar-refractivity contribution in [1.82, 2.24) is 14.9 Å². The summed E-state index contributed by atoms with van der Waals surface area (Å²) in [6.07, 6.45) is 4.92. The van der Waals surface area contributed by atoms with Crippen LogP contribution >= 0.6 is 0 Å². The van der Waals surface area contributed by atoms with Crippen LogP contribution in [0.3, 0.4) is 0 Å². The second kappa shape index (κ2) is 15.6. The first-order chi connectivity index (χ1) is 28.0. The van der Waals surface area contributed by atoms with Gasteiger partial charge < -0.3 is 33.6 Å². The van der Waals surface area contributed by atoms with Gasteiger partial charge in [0.25, 0.3) is 23.6 Å². The summed E-state index contributed by atoms with van der Waals surface area (Å²) in [5.41, 5.74) is 5.83. The molecule has 0 aromatic heterocycles. The summed E-state index contributed by atoms with van der Waals surface area (Å²) >= 11 is 0. The number of fused-ring (bicyclic) bond motifs is 4. The Morgan fingerprint density at radius 2 is 1.14 bits per heavy atom. The molecule has 58 heavy (non-hydrogen) atoms. The number of methoxy groups -OCH3 is 2. The molecule has 5 aliphatic heterocycles. The van der Waals surface area contributed by atoms with E-state index in [-0.39, 0.29) is 62.8 Å². The number of imide groups is 1. The Bertz CT molecular complexity index is 2200. The third kappa shape index (κ3) is 7.54. The lowest BCUT2D eigenvalue weighted by Gasteiger charge is -2.20. The van der Waals surface area contributed by atoms with Gasteiger partial charge in [-0.05, 0) is 54.2 Å². The number of hydrogen-bond acceptors (Lipinski definition) is 12. The van der Waals surface area contributed by atoms with Crippen LogP contribution in [0.4, 0.5) is 11.4 Å². The first kappa shape index (κ1) is 38.1. The van der Waals surface area contributed by atoms with Crippen molar-refractivity contribution in [3.8, 4) is 23.0 Å². The summed E-state index contributed by atoms with van der Waals surface area (Å²) < 4.78 is 23.9. The molecule has 0 bridgehead atoms. The molecule has 3 fully saturated rings. The number of aliphatic imine (C=N–C) groups is 2. The Kier molecular flexibility index (Phi) is 10.3. The Morgan fingerprint density at radius 1 is 0.672 bits per heavy atom. The molecule has 3 saturated heterocycles. The Balaban J connectivity index is 1.04. The monoisotopic (exact) mass is 787 g/mol. The number of ether oxygens (including phenoxy) is 4. The smallest absolute Gasteiger partial charge is 0.333 e. The van der Waals surface area contributed by atoms with E-state index in [1.165, 1.54) is 14.2 Å². The average Bonchev–Trinajstić information content (AvgIpc) is 3.85. The van der Waals surface area contributed by atoms with E-state index in [0.717, 1.165) is 27.8 Å². The topological polar surface area (TPSA) is 166 Å². The minimum Gasteiger partial charge on any atom is -0.493 e. The standard InChI is InChI=1S/C43H41N5O10/c1-24-9-29-18-44-33-16-37(35(54-3)14-31(33)42(52)46(29)20-24)56-22-27-11-26(5-8-41(51)58-48-39(49)6-7-40(48)50)12-28(13-27)23-57-38-17-34-32(15-36(38)55-4)43(53)47-21-25(2)10-30(47)19-45-34/h11-19,29-30H,1-2,5-10,20-23H2,3-4H3/t29-,30-/m0/s1. The number of rotatable bonds is 12. The van der Waals surface area contributed by atoms with Gasteiger partial charge in [-0.1, -0.05) is 36.4 Å². The highest BCUT2D eigenvalue weighted by Gasteiger charge is 2.36. The van der Waals surface area contributed by atoms with Gasteiger partial charge in [0.05, 0.1) is 55.2 Å². The Morgan fingerprint density at radius 3 is 1.60 bits per heavy atom. The van der Waals surface area contributed by atoms with Gasteiger partial charge in [-0.25, -0.2) is 4.79 Å². The zero-order valence-corrected chi connectivity index (χ0v) is 32.2. The lowest BCUT2D eigenvalue weighted by Crippen LogP contribution is -2.35. The highest BCUT2D eigenvalue weighted by atomic mass is 16.7. The average molecular weight is 788 g/mol. The SMILES string of the molecule is C=C1C[C@H]2C=Nc3cc(OCc4cc(CCC(=O)ON5C(=O)CCC5=O)cc(COc5cc6c(cc5OC)C(=O)N5CC(=C)C[C@H]5C=N6)c4)c(OC)cc3C(=O)N2C1. The molecular formula is C43H41N5O10. The summed E-state index contributed by atoms with van der Waals surface area (Å²) in [6.45, 7) is 9.14. The van der Waals surface area contributed by atoms with E-state index in [4.69, 9.17) is 23.8 Å². The summed E-state index contributed by atoms with van der Waals surface area (Å²) in [6, 6.07) is 11.9. The van der Waals surface area contributed by atoms with E-state index in [2.05, 4.69) is 23.1 Å². The van der Waals surface area contributed by atoms with Gasteiger partial charge in [0, 0.05) is 50.5 Å². The highest BCUT2D eigenvalue weighted by molar-refractivity contribution is 6.05. The fraction of sp³-hybridized carbons (Fsp3) is 0.326. The molecule has 0 N–H and O–H groups in total. The minimum absolute atomic E-state index is 0.00290. The summed E-state index contributed by atoms with van der Waals surface area (Å²) in [4.78, 5) is 81.6. The van der Waals surface area contributed by atoms with Crippen LogP contribution in [-0.2, 0) is 38.9 Å². The van der Waals surface area contributed by atoms with Gasteiger partial charge in [-0.3, -0.25) is 29.2 Å². The van der Waals surface area contributed by atoms with E-state index in [0.29, 0.717) is 76.5 Å². The van der Waals surface area contributed by atoms with Crippen LogP contribution in [0.5, 0.6) is 23.0 Å². The molecular weight excluding hydrogens is 746 g/mol. The van der Waals surface area contributed by atoms with Gasteiger partial charge in [0.2, 0.25) is 0 Å². The lowest BCUT2D eigenvalue weighted by molar-refractivity contribution is -0.197. The molecule has 5 aliphatic rings. The third-order valence-corrected chi connectivity index (χ3v) is 10.6. The van der Waals surface area contributed by atoms with Crippen LogP contribution in [0.25, 0.3) is 0 Å². The van der Waals surface area contributed by atoms with Crippen molar-refractivity contribution in [3.05, 3.63) is 94.6 Å². The van der Waals surface area contributed by atoms with Crippen molar-refractivity contribution >= 4 is 53.4 Å². The fourth-order valence-corrected chi connectivity index (χ4v) is 7.73. The number of nitrogens with zero attached hydrogens (tertiary/aromatic N) is 5. The molecule has 0 radical (unpaired) electrons. The van der Waals surface area contributed by atoms with Crippen LogP contribution in [0.1, 0.15) is 69.5 Å². The molecule has 3 aromatic carbocycles. The second-order valence-electron chi connectivity index (χ2n) is 14.8. The van der Waals surface area contributed by atoms with Crippen molar-refractivity contribution in [2.24, 2.45) is 9.98 Å². The first-order valence-electron chi connectivity index (χ1n) is 18.9. The second-order valence-corrected chi connectivity index (χ2v) is 14.8. The molecule has 0 spiro atoms. The van der Waals surface area contributed by atoms with E-state index >= 15 is 0 Å². The number of benzene rings is 3.